The molecule has 2 rings (SSSR count). The van der Waals surface area contributed by atoms with Gasteiger partial charge in [-0.1, -0.05) is 18.2 Å². The number of nitrogens with two attached hydrogens (primary N) is 1. The standard InChI is InChI=1S/C14H19N3O3/c15-7-10-3-1-2-4-12(10)20-9-14(19)16-8-11-5-6-13(18)17-11/h1-4,11H,5-9,15H2,(H,16,19)(H,17,18). The zero-order chi connectivity index (χ0) is 14.4. The zero-order valence-electron chi connectivity index (χ0n) is 11.2. The highest BCUT2D eigenvalue weighted by molar-refractivity contribution is 5.79. The van der Waals surface area contributed by atoms with E-state index in [0.29, 0.717) is 25.3 Å². The molecule has 6 nitrogen and oxygen atoms in total. The fourth-order valence-corrected chi connectivity index (χ4v) is 2.08. The maximum Gasteiger partial charge on any atom is 0.258 e. The molecule has 2 amide bonds. The van der Waals surface area contributed by atoms with E-state index in [1.165, 1.54) is 0 Å². The van der Waals surface area contributed by atoms with E-state index in [0.717, 1.165) is 12.0 Å². The van der Waals surface area contributed by atoms with Gasteiger partial charge in [-0.15, -0.1) is 0 Å². The second kappa shape index (κ2) is 6.91. The van der Waals surface area contributed by atoms with Crippen LogP contribution in [0.4, 0.5) is 0 Å². The van der Waals surface area contributed by atoms with Crippen LogP contribution in [0, 0.1) is 0 Å². The Balaban J connectivity index is 1.73. The fourth-order valence-electron chi connectivity index (χ4n) is 2.08. The second-order valence-corrected chi connectivity index (χ2v) is 4.71. The molecule has 1 aromatic carbocycles. The minimum absolute atomic E-state index is 0.0304. The molecule has 1 aromatic rings. The third kappa shape index (κ3) is 3.96. The van der Waals surface area contributed by atoms with Gasteiger partial charge in [0.15, 0.2) is 6.61 Å². The highest BCUT2D eigenvalue weighted by atomic mass is 16.5. The molecule has 108 valence electrons. The maximum atomic E-state index is 11.7. The number of carbonyl (C=O) groups excluding carboxylic acids is 2. The van der Waals surface area contributed by atoms with Crippen molar-refractivity contribution in [2.75, 3.05) is 13.2 Å². The molecule has 0 aliphatic carbocycles. The zero-order valence-corrected chi connectivity index (χ0v) is 11.2. The van der Waals surface area contributed by atoms with Crippen molar-refractivity contribution in [2.24, 2.45) is 5.73 Å². The summed E-state index contributed by atoms with van der Waals surface area (Å²) >= 11 is 0. The maximum absolute atomic E-state index is 11.7. The van der Waals surface area contributed by atoms with Crippen LogP contribution in [0.2, 0.25) is 0 Å². The molecule has 0 aromatic heterocycles. The van der Waals surface area contributed by atoms with E-state index in [1.807, 2.05) is 18.2 Å². The number of para-hydroxylation sites is 1. The predicted molar refractivity (Wildman–Crippen MR) is 74.0 cm³/mol. The Kier molecular flexibility index (Phi) is 4.95. The number of rotatable bonds is 6. The third-order valence-electron chi connectivity index (χ3n) is 3.18. The normalized spacial score (nSPS) is 17.6. The molecule has 1 atom stereocenters. The van der Waals surface area contributed by atoms with Gasteiger partial charge >= 0.3 is 0 Å². The first-order chi connectivity index (χ1) is 9.69. The number of carbonyl (C=O) groups is 2. The molecular weight excluding hydrogens is 258 g/mol. The number of ether oxygens (including phenoxy) is 1. The van der Waals surface area contributed by atoms with E-state index in [4.69, 9.17) is 10.5 Å². The molecular formula is C14H19N3O3. The molecule has 6 heteroatoms. The summed E-state index contributed by atoms with van der Waals surface area (Å²) in [6.07, 6.45) is 1.29. The smallest absolute Gasteiger partial charge is 0.258 e. The van der Waals surface area contributed by atoms with Crippen molar-refractivity contribution in [3.63, 3.8) is 0 Å². The largest absolute Gasteiger partial charge is 0.483 e. The molecule has 1 heterocycles. The minimum Gasteiger partial charge on any atom is -0.483 e. The quantitative estimate of drug-likeness (QED) is 0.678. The SMILES string of the molecule is NCc1ccccc1OCC(=O)NCC1CCC(=O)N1. The van der Waals surface area contributed by atoms with Crippen molar-refractivity contribution in [3.05, 3.63) is 29.8 Å². The highest BCUT2D eigenvalue weighted by Gasteiger charge is 2.20. The number of amides is 2. The van der Waals surface area contributed by atoms with E-state index in [2.05, 4.69) is 10.6 Å². The number of nitrogens with one attached hydrogen (secondary N) is 2. The number of hydrogen-bond acceptors (Lipinski definition) is 4. The molecule has 1 aliphatic heterocycles. The van der Waals surface area contributed by atoms with Gasteiger partial charge in [0.25, 0.3) is 5.91 Å². The van der Waals surface area contributed by atoms with Crippen molar-refractivity contribution in [1.29, 1.82) is 0 Å². The summed E-state index contributed by atoms with van der Waals surface area (Å²) in [4.78, 5) is 22.7. The Morgan fingerprint density at radius 3 is 2.95 bits per heavy atom. The fraction of sp³-hybridized carbons (Fsp3) is 0.429. The Labute approximate surface area is 117 Å². The lowest BCUT2D eigenvalue weighted by Gasteiger charge is -2.13. The number of benzene rings is 1. The monoisotopic (exact) mass is 277 g/mol. The van der Waals surface area contributed by atoms with Crippen LogP contribution in [0.1, 0.15) is 18.4 Å². The number of hydrogen-bond donors (Lipinski definition) is 3. The molecule has 0 bridgehead atoms. The van der Waals surface area contributed by atoms with E-state index < -0.39 is 0 Å². The van der Waals surface area contributed by atoms with Gasteiger partial charge < -0.3 is 21.1 Å². The van der Waals surface area contributed by atoms with Crippen molar-refractivity contribution < 1.29 is 14.3 Å². The Bertz CT molecular complexity index is 490. The molecule has 0 spiro atoms. The van der Waals surface area contributed by atoms with Gasteiger partial charge in [0.05, 0.1) is 0 Å². The van der Waals surface area contributed by atoms with Crippen LogP contribution >= 0.6 is 0 Å². The summed E-state index contributed by atoms with van der Waals surface area (Å²) < 4.78 is 5.45. The van der Waals surface area contributed by atoms with Crippen molar-refractivity contribution in [3.8, 4) is 5.75 Å². The lowest BCUT2D eigenvalue weighted by Crippen LogP contribution is -2.40. The van der Waals surface area contributed by atoms with Crippen molar-refractivity contribution >= 4 is 11.8 Å². The van der Waals surface area contributed by atoms with Crippen molar-refractivity contribution in [2.45, 2.75) is 25.4 Å². The molecule has 4 N–H and O–H groups in total. The predicted octanol–water partition coefficient (Wildman–Crippen LogP) is -0.0811. The van der Waals surface area contributed by atoms with E-state index >= 15 is 0 Å². The van der Waals surface area contributed by atoms with Gasteiger partial charge in [0.1, 0.15) is 5.75 Å². The van der Waals surface area contributed by atoms with Crippen LogP contribution in [0.5, 0.6) is 5.75 Å². The Morgan fingerprint density at radius 1 is 1.45 bits per heavy atom. The summed E-state index contributed by atoms with van der Waals surface area (Å²) in [5, 5.41) is 5.53. The van der Waals surface area contributed by atoms with Crippen LogP contribution in [0.15, 0.2) is 24.3 Å². The summed E-state index contributed by atoms with van der Waals surface area (Å²) in [5.74, 6) is 0.453. The highest BCUT2D eigenvalue weighted by Crippen LogP contribution is 2.16. The molecule has 1 aliphatic rings. The summed E-state index contributed by atoms with van der Waals surface area (Å²) in [5.41, 5.74) is 6.45. The van der Waals surface area contributed by atoms with E-state index in [1.54, 1.807) is 6.07 Å². The van der Waals surface area contributed by atoms with Crippen LogP contribution in [-0.4, -0.2) is 31.0 Å². The van der Waals surface area contributed by atoms with Crippen LogP contribution in [0.3, 0.4) is 0 Å². The molecule has 1 fully saturated rings. The van der Waals surface area contributed by atoms with Crippen LogP contribution in [-0.2, 0) is 16.1 Å². The first kappa shape index (κ1) is 14.3. The van der Waals surface area contributed by atoms with Crippen LogP contribution < -0.4 is 21.1 Å². The lowest BCUT2D eigenvalue weighted by molar-refractivity contribution is -0.123. The van der Waals surface area contributed by atoms with Gasteiger partial charge in [-0.3, -0.25) is 9.59 Å². The first-order valence-corrected chi connectivity index (χ1v) is 6.66. The second-order valence-electron chi connectivity index (χ2n) is 4.71. The van der Waals surface area contributed by atoms with Gasteiger partial charge in [-0.2, -0.15) is 0 Å². The molecule has 0 radical (unpaired) electrons. The molecule has 0 saturated carbocycles. The minimum atomic E-state index is -0.210. The first-order valence-electron chi connectivity index (χ1n) is 6.66. The summed E-state index contributed by atoms with van der Waals surface area (Å²) in [6.45, 7) is 0.746. The molecule has 1 unspecified atom stereocenters. The average molecular weight is 277 g/mol. The average Bonchev–Trinajstić information content (AvgIpc) is 2.89. The van der Waals surface area contributed by atoms with E-state index in [9.17, 15) is 9.59 Å². The molecule has 1 saturated heterocycles. The summed E-state index contributed by atoms with van der Waals surface area (Å²) in [6, 6.07) is 7.38. The van der Waals surface area contributed by atoms with Gasteiger partial charge in [0.2, 0.25) is 5.91 Å². The Morgan fingerprint density at radius 2 is 2.25 bits per heavy atom. The van der Waals surface area contributed by atoms with Crippen LogP contribution in [0.25, 0.3) is 0 Å². The third-order valence-corrected chi connectivity index (χ3v) is 3.18. The van der Waals surface area contributed by atoms with E-state index in [-0.39, 0.29) is 24.5 Å². The van der Waals surface area contributed by atoms with Gasteiger partial charge in [0, 0.05) is 31.1 Å². The van der Waals surface area contributed by atoms with Crippen molar-refractivity contribution in [1.82, 2.24) is 10.6 Å². The topological polar surface area (TPSA) is 93.4 Å². The lowest BCUT2D eigenvalue weighted by atomic mass is 10.2. The van der Waals surface area contributed by atoms with Gasteiger partial charge in [-0.25, -0.2) is 0 Å². The summed E-state index contributed by atoms with van der Waals surface area (Å²) in [7, 11) is 0. The molecule has 20 heavy (non-hydrogen) atoms. The Hall–Kier alpha value is -2.08. The van der Waals surface area contributed by atoms with Gasteiger partial charge in [-0.05, 0) is 12.5 Å².